The fraction of sp³-hybridized carbons (Fsp3) is 0.538. The predicted molar refractivity (Wildman–Crippen MR) is 80.7 cm³/mol. The first-order valence-electron chi connectivity index (χ1n) is 6.42. The highest BCUT2D eigenvalue weighted by atomic mass is 32.2. The van der Waals surface area contributed by atoms with Gasteiger partial charge in [-0.3, -0.25) is 4.57 Å². The molecule has 0 amide bonds. The third kappa shape index (κ3) is 3.32. The number of aromatic nitrogens is 3. The molecule has 0 saturated carbocycles. The summed E-state index contributed by atoms with van der Waals surface area (Å²) in [5, 5.41) is 0. The number of hydrogen-bond acceptors (Lipinski definition) is 5. The van der Waals surface area contributed by atoms with Crippen LogP contribution in [0.5, 0.6) is 5.88 Å². The van der Waals surface area contributed by atoms with Crippen molar-refractivity contribution in [2.75, 3.05) is 24.9 Å². The monoisotopic (exact) mass is 280 g/mol. The highest BCUT2D eigenvalue weighted by Crippen LogP contribution is 2.20. The van der Waals surface area contributed by atoms with Crippen molar-refractivity contribution in [3.63, 3.8) is 0 Å². The first-order chi connectivity index (χ1) is 9.26. The molecule has 0 atom stereocenters. The van der Waals surface area contributed by atoms with Crippen LogP contribution in [0.2, 0.25) is 0 Å². The molecule has 2 N–H and O–H groups in total. The summed E-state index contributed by atoms with van der Waals surface area (Å²) >= 11 is 1.89. The molecule has 104 valence electrons. The number of fused-ring (bicyclic) bond motifs is 1. The number of nitrogens with zero attached hydrogens (tertiary/aromatic N) is 3. The van der Waals surface area contributed by atoms with Crippen molar-refractivity contribution >= 4 is 28.9 Å². The number of anilines is 1. The van der Waals surface area contributed by atoms with Crippen LogP contribution in [-0.4, -0.2) is 33.7 Å². The van der Waals surface area contributed by atoms with E-state index in [9.17, 15) is 0 Å². The molecule has 2 rings (SSSR count). The van der Waals surface area contributed by atoms with Crippen molar-refractivity contribution in [1.82, 2.24) is 14.5 Å². The Kier molecular flexibility index (Phi) is 4.90. The number of aryl methyl sites for hydroxylation is 1. The zero-order valence-electron chi connectivity index (χ0n) is 11.4. The molecule has 0 unspecified atom stereocenters. The largest absolute Gasteiger partial charge is 0.481 e. The van der Waals surface area contributed by atoms with E-state index in [1.165, 1.54) is 18.6 Å². The van der Waals surface area contributed by atoms with Crippen LogP contribution in [-0.2, 0) is 6.54 Å². The minimum Gasteiger partial charge on any atom is -0.481 e. The quantitative estimate of drug-likeness (QED) is 0.790. The van der Waals surface area contributed by atoms with Gasteiger partial charge in [-0.1, -0.05) is 6.42 Å². The fourth-order valence-corrected chi connectivity index (χ4v) is 2.52. The molecular formula is C13H20N4OS. The van der Waals surface area contributed by atoms with Gasteiger partial charge in [-0.05, 0) is 30.9 Å². The lowest BCUT2D eigenvalue weighted by molar-refractivity contribution is 0.399. The fourth-order valence-electron chi connectivity index (χ4n) is 2.03. The van der Waals surface area contributed by atoms with Crippen LogP contribution in [0, 0.1) is 0 Å². The number of thioether (sulfide) groups is 1. The molecule has 0 aliphatic rings. The van der Waals surface area contributed by atoms with Crippen molar-refractivity contribution < 1.29 is 4.74 Å². The molecule has 0 saturated heterocycles. The number of methoxy groups -OCH3 is 1. The Morgan fingerprint density at radius 3 is 2.84 bits per heavy atom. The summed E-state index contributed by atoms with van der Waals surface area (Å²) in [5.41, 5.74) is 7.58. The van der Waals surface area contributed by atoms with Crippen LogP contribution in [0.3, 0.4) is 0 Å². The highest BCUT2D eigenvalue weighted by molar-refractivity contribution is 7.98. The van der Waals surface area contributed by atoms with Gasteiger partial charge in [0.2, 0.25) is 11.8 Å². The Hall–Kier alpha value is -1.43. The maximum Gasteiger partial charge on any atom is 0.215 e. The molecular weight excluding hydrogens is 260 g/mol. The molecule has 0 radical (unpaired) electrons. The number of nitrogens with two attached hydrogens (primary N) is 1. The summed E-state index contributed by atoms with van der Waals surface area (Å²) in [6.07, 6.45) is 5.67. The molecule has 5 nitrogen and oxygen atoms in total. The number of hydrogen-bond donors (Lipinski definition) is 1. The van der Waals surface area contributed by atoms with E-state index in [-0.39, 0.29) is 0 Å². The maximum atomic E-state index is 5.95. The van der Waals surface area contributed by atoms with Crippen molar-refractivity contribution in [3.8, 4) is 5.88 Å². The standard InChI is InChI=1S/C13H20N4OS/c1-18-11-7-6-10-12(16-11)17(13(14)15-10)8-4-3-5-9-19-2/h6-7H,3-5,8-9H2,1-2H3,(H2,14,15). The molecule has 2 aromatic rings. The molecule has 0 bridgehead atoms. The van der Waals surface area contributed by atoms with E-state index in [0.717, 1.165) is 24.1 Å². The minimum absolute atomic E-state index is 0.528. The van der Waals surface area contributed by atoms with Gasteiger partial charge in [0.25, 0.3) is 0 Å². The van der Waals surface area contributed by atoms with Crippen LogP contribution < -0.4 is 10.5 Å². The summed E-state index contributed by atoms with van der Waals surface area (Å²) in [7, 11) is 1.61. The molecule has 0 fully saturated rings. The second-order valence-corrected chi connectivity index (χ2v) is 5.36. The van der Waals surface area contributed by atoms with Gasteiger partial charge < -0.3 is 10.5 Å². The lowest BCUT2D eigenvalue weighted by Gasteiger charge is -2.06. The number of nitrogen functional groups attached to an aromatic ring is 1. The molecule has 2 aromatic heterocycles. The van der Waals surface area contributed by atoms with E-state index < -0.39 is 0 Å². The molecule has 0 aliphatic carbocycles. The van der Waals surface area contributed by atoms with E-state index >= 15 is 0 Å². The normalized spacial score (nSPS) is 11.1. The molecule has 19 heavy (non-hydrogen) atoms. The van der Waals surface area contributed by atoms with Gasteiger partial charge in [-0.25, -0.2) is 4.98 Å². The van der Waals surface area contributed by atoms with Gasteiger partial charge in [-0.2, -0.15) is 16.7 Å². The van der Waals surface area contributed by atoms with Gasteiger partial charge in [0, 0.05) is 12.6 Å². The highest BCUT2D eigenvalue weighted by Gasteiger charge is 2.10. The Labute approximate surface area is 117 Å². The van der Waals surface area contributed by atoms with Crippen molar-refractivity contribution in [1.29, 1.82) is 0 Å². The zero-order valence-corrected chi connectivity index (χ0v) is 12.2. The lowest BCUT2D eigenvalue weighted by atomic mass is 10.2. The summed E-state index contributed by atoms with van der Waals surface area (Å²) in [6.45, 7) is 0.858. The van der Waals surface area contributed by atoms with Gasteiger partial charge in [0.05, 0.1) is 7.11 Å². The molecule has 2 heterocycles. The number of pyridine rings is 1. The van der Waals surface area contributed by atoms with E-state index in [4.69, 9.17) is 10.5 Å². The predicted octanol–water partition coefficient (Wildman–Crippen LogP) is 2.56. The lowest BCUT2D eigenvalue weighted by Crippen LogP contribution is -2.04. The van der Waals surface area contributed by atoms with E-state index in [0.29, 0.717) is 11.8 Å². The van der Waals surface area contributed by atoms with Crippen LogP contribution in [0.4, 0.5) is 5.95 Å². The summed E-state index contributed by atoms with van der Waals surface area (Å²) in [5.74, 6) is 2.34. The Morgan fingerprint density at radius 1 is 1.26 bits per heavy atom. The van der Waals surface area contributed by atoms with Crippen molar-refractivity contribution in [2.45, 2.75) is 25.8 Å². The van der Waals surface area contributed by atoms with Crippen LogP contribution in [0.25, 0.3) is 11.2 Å². The van der Waals surface area contributed by atoms with Crippen LogP contribution >= 0.6 is 11.8 Å². The van der Waals surface area contributed by atoms with Crippen molar-refractivity contribution in [3.05, 3.63) is 12.1 Å². The third-order valence-electron chi connectivity index (χ3n) is 3.04. The van der Waals surface area contributed by atoms with Crippen molar-refractivity contribution in [2.24, 2.45) is 0 Å². The average molecular weight is 280 g/mol. The number of unbranched alkanes of at least 4 members (excludes halogenated alkanes) is 2. The van der Waals surface area contributed by atoms with Gasteiger partial charge >= 0.3 is 0 Å². The SMILES string of the molecule is COc1ccc2nc(N)n(CCCCCSC)c2n1. The molecule has 6 heteroatoms. The second kappa shape index (κ2) is 6.65. The third-order valence-corrected chi connectivity index (χ3v) is 3.73. The minimum atomic E-state index is 0.528. The Balaban J connectivity index is 2.10. The van der Waals surface area contributed by atoms with Gasteiger partial charge in [0.15, 0.2) is 5.65 Å². The second-order valence-electron chi connectivity index (χ2n) is 4.37. The van der Waals surface area contributed by atoms with Crippen LogP contribution in [0.15, 0.2) is 12.1 Å². The Morgan fingerprint density at radius 2 is 2.11 bits per heavy atom. The summed E-state index contributed by atoms with van der Waals surface area (Å²) in [4.78, 5) is 8.75. The zero-order chi connectivity index (χ0) is 13.7. The molecule has 0 aromatic carbocycles. The van der Waals surface area contributed by atoms with Gasteiger partial charge in [0.1, 0.15) is 5.52 Å². The molecule has 0 aliphatic heterocycles. The van der Waals surface area contributed by atoms with E-state index in [1.807, 2.05) is 22.4 Å². The summed E-state index contributed by atoms with van der Waals surface area (Å²) in [6, 6.07) is 3.69. The topological polar surface area (TPSA) is 66.0 Å². The molecule has 0 spiro atoms. The number of imidazole rings is 1. The van der Waals surface area contributed by atoms with E-state index in [2.05, 4.69) is 16.2 Å². The first kappa shape index (κ1) is 14.0. The maximum absolute atomic E-state index is 5.95. The van der Waals surface area contributed by atoms with Crippen LogP contribution in [0.1, 0.15) is 19.3 Å². The van der Waals surface area contributed by atoms with E-state index in [1.54, 1.807) is 13.2 Å². The van der Waals surface area contributed by atoms with Gasteiger partial charge in [-0.15, -0.1) is 0 Å². The first-order valence-corrected chi connectivity index (χ1v) is 7.81. The number of rotatable bonds is 7. The summed E-state index contributed by atoms with van der Waals surface area (Å²) < 4.78 is 7.12. The Bertz CT molecular complexity index is 541. The average Bonchev–Trinajstić information content (AvgIpc) is 2.74. The smallest absolute Gasteiger partial charge is 0.215 e. The number of ether oxygens (including phenoxy) is 1.